The molecule has 5 heterocycles. The number of methoxy groups -OCH3 is 1. The molecule has 0 saturated carbocycles. The maximum atomic E-state index is 5.57. The van der Waals surface area contributed by atoms with Crippen molar-refractivity contribution in [3.05, 3.63) is 48.4 Å². The lowest BCUT2D eigenvalue weighted by atomic mass is 9.75. The van der Waals surface area contributed by atoms with Gasteiger partial charge >= 0.3 is 0 Å². The number of fused-ring (bicyclic) bond motifs is 3. The third-order valence-electron chi connectivity index (χ3n) is 7.81. The van der Waals surface area contributed by atoms with Gasteiger partial charge < -0.3 is 24.7 Å². The van der Waals surface area contributed by atoms with E-state index in [-0.39, 0.29) is 0 Å². The number of nitrogens with one attached hydrogen (secondary N) is 2. The van der Waals surface area contributed by atoms with Crippen molar-refractivity contribution in [1.29, 1.82) is 0 Å². The van der Waals surface area contributed by atoms with Gasteiger partial charge in [0.05, 0.1) is 25.6 Å². The minimum absolute atomic E-state index is 0.584. The molecule has 34 heavy (non-hydrogen) atoms. The Labute approximate surface area is 208 Å². The molecule has 0 amide bonds. The summed E-state index contributed by atoms with van der Waals surface area (Å²) in [5.41, 5.74) is 1.22. The number of rotatable bonds is 8. The second-order valence-electron chi connectivity index (χ2n) is 9.80. The molecule has 6 rings (SSSR count). The van der Waals surface area contributed by atoms with Crippen molar-refractivity contribution < 1.29 is 9.15 Å². The summed E-state index contributed by atoms with van der Waals surface area (Å²) < 4.78 is 10.9. The Balaban J connectivity index is 1.05. The van der Waals surface area contributed by atoms with Crippen LogP contribution in [0.1, 0.15) is 18.6 Å². The minimum Gasteiger partial charge on any atom is -0.495 e. The maximum absolute atomic E-state index is 5.57. The number of benzene rings is 1. The van der Waals surface area contributed by atoms with Crippen LogP contribution in [0.4, 0.5) is 5.69 Å². The summed E-state index contributed by atoms with van der Waals surface area (Å²) in [6, 6.07) is 12.8. The van der Waals surface area contributed by atoms with Gasteiger partial charge in [0.15, 0.2) is 5.11 Å². The molecule has 184 valence electrons. The van der Waals surface area contributed by atoms with Crippen LogP contribution in [0.2, 0.25) is 0 Å². The summed E-state index contributed by atoms with van der Waals surface area (Å²) >= 11 is 5.47. The van der Waals surface area contributed by atoms with E-state index in [1.807, 2.05) is 18.2 Å². The lowest BCUT2D eigenvalue weighted by Gasteiger charge is -2.51. The molecule has 4 fully saturated rings. The SMILES string of the molecule is COc1ccccc1N1CCN(C[C@H]2CN3CC[C@H]2C[C@@H]3CNC(=S)NCc2ccco2)CC1. The van der Waals surface area contributed by atoms with Gasteiger partial charge in [-0.2, -0.15) is 0 Å². The lowest BCUT2D eigenvalue weighted by Crippen LogP contribution is -2.59. The summed E-state index contributed by atoms with van der Waals surface area (Å²) in [6.07, 6.45) is 4.31. The van der Waals surface area contributed by atoms with E-state index in [0.29, 0.717) is 17.7 Å². The Morgan fingerprint density at radius 3 is 2.68 bits per heavy atom. The minimum atomic E-state index is 0.584. The van der Waals surface area contributed by atoms with Gasteiger partial charge in [0.1, 0.15) is 11.5 Å². The molecule has 1 unspecified atom stereocenters. The number of nitrogens with zero attached hydrogens (tertiary/aromatic N) is 3. The Morgan fingerprint density at radius 1 is 1.09 bits per heavy atom. The fourth-order valence-electron chi connectivity index (χ4n) is 5.92. The van der Waals surface area contributed by atoms with Crippen LogP contribution in [0.3, 0.4) is 0 Å². The molecule has 2 bridgehead atoms. The first-order chi connectivity index (χ1) is 16.7. The van der Waals surface area contributed by atoms with Crippen molar-refractivity contribution in [3.63, 3.8) is 0 Å². The van der Waals surface area contributed by atoms with Gasteiger partial charge in [-0.3, -0.25) is 9.80 Å². The average molecular weight is 484 g/mol. The van der Waals surface area contributed by atoms with E-state index < -0.39 is 0 Å². The Morgan fingerprint density at radius 2 is 1.94 bits per heavy atom. The van der Waals surface area contributed by atoms with Crippen molar-refractivity contribution >= 4 is 23.0 Å². The molecular weight excluding hydrogens is 446 g/mol. The van der Waals surface area contributed by atoms with Crippen LogP contribution in [0.15, 0.2) is 47.1 Å². The number of hydrogen-bond donors (Lipinski definition) is 2. The van der Waals surface area contributed by atoms with Gasteiger partial charge in [0.25, 0.3) is 0 Å². The number of furan rings is 1. The van der Waals surface area contributed by atoms with E-state index in [0.717, 1.165) is 56.1 Å². The fourth-order valence-corrected chi connectivity index (χ4v) is 6.07. The highest BCUT2D eigenvalue weighted by molar-refractivity contribution is 7.80. The number of hydrogen-bond acceptors (Lipinski definition) is 6. The molecule has 8 heteroatoms. The molecule has 0 radical (unpaired) electrons. The van der Waals surface area contributed by atoms with E-state index in [2.05, 4.69) is 43.5 Å². The molecule has 4 saturated heterocycles. The molecule has 1 aromatic heterocycles. The first kappa shape index (κ1) is 23.5. The monoisotopic (exact) mass is 483 g/mol. The zero-order valence-corrected chi connectivity index (χ0v) is 20.9. The highest BCUT2D eigenvalue weighted by Gasteiger charge is 2.40. The largest absolute Gasteiger partial charge is 0.495 e. The van der Waals surface area contributed by atoms with Crippen LogP contribution in [-0.4, -0.2) is 80.4 Å². The van der Waals surface area contributed by atoms with Crippen LogP contribution in [0.25, 0.3) is 0 Å². The van der Waals surface area contributed by atoms with Crippen LogP contribution in [0.5, 0.6) is 5.75 Å². The van der Waals surface area contributed by atoms with E-state index in [4.69, 9.17) is 21.4 Å². The Bertz CT molecular complexity index is 931. The van der Waals surface area contributed by atoms with Crippen LogP contribution >= 0.6 is 12.2 Å². The van der Waals surface area contributed by atoms with Crippen LogP contribution in [-0.2, 0) is 6.54 Å². The average Bonchev–Trinajstić information content (AvgIpc) is 3.41. The Kier molecular flexibility index (Phi) is 7.57. The molecule has 0 aliphatic carbocycles. The number of piperazine rings is 1. The standard InChI is InChI=1S/C26H37N5O2S/c1-32-25-7-3-2-6-24(25)30-12-10-29(11-13-30)18-21-19-31-9-8-20(21)15-22(31)16-27-26(34)28-17-23-5-4-14-33-23/h2-7,14,20-22H,8-13,15-19H2,1H3,(H2,27,28,34)/t20-,21-,22+/m0/s1. The number of anilines is 1. The predicted molar refractivity (Wildman–Crippen MR) is 139 cm³/mol. The van der Waals surface area contributed by atoms with Gasteiger partial charge in [-0.15, -0.1) is 0 Å². The van der Waals surface area contributed by atoms with Crippen molar-refractivity contribution in [2.45, 2.75) is 25.4 Å². The predicted octanol–water partition coefficient (Wildman–Crippen LogP) is 2.78. The third kappa shape index (κ3) is 5.50. The lowest BCUT2D eigenvalue weighted by molar-refractivity contribution is -0.0110. The van der Waals surface area contributed by atoms with Gasteiger partial charge in [0.2, 0.25) is 0 Å². The van der Waals surface area contributed by atoms with Crippen molar-refractivity contribution in [1.82, 2.24) is 20.4 Å². The van der Waals surface area contributed by atoms with Gasteiger partial charge in [-0.1, -0.05) is 12.1 Å². The quantitative estimate of drug-likeness (QED) is 0.556. The molecule has 4 aliphatic heterocycles. The van der Waals surface area contributed by atoms with Crippen LogP contribution in [0, 0.1) is 11.8 Å². The number of para-hydroxylation sites is 2. The zero-order valence-electron chi connectivity index (χ0n) is 20.1. The van der Waals surface area contributed by atoms with Crippen LogP contribution < -0.4 is 20.3 Å². The van der Waals surface area contributed by atoms with Crippen molar-refractivity contribution in [2.75, 3.05) is 64.4 Å². The summed E-state index contributed by atoms with van der Waals surface area (Å²) in [5.74, 6) is 3.49. The van der Waals surface area contributed by atoms with Crippen molar-refractivity contribution in [3.8, 4) is 5.75 Å². The summed E-state index contributed by atoms with van der Waals surface area (Å²) in [4.78, 5) is 7.84. The normalized spacial score (nSPS) is 26.9. The highest BCUT2D eigenvalue weighted by Crippen LogP contribution is 2.37. The van der Waals surface area contributed by atoms with Gasteiger partial charge in [0, 0.05) is 51.9 Å². The number of ether oxygens (including phenoxy) is 1. The first-order valence-electron chi connectivity index (χ1n) is 12.6. The maximum Gasteiger partial charge on any atom is 0.166 e. The summed E-state index contributed by atoms with van der Waals surface area (Å²) in [6.45, 7) is 9.60. The third-order valence-corrected chi connectivity index (χ3v) is 8.10. The van der Waals surface area contributed by atoms with E-state index in [1.54, 1.807) is 13.4 Å². The molecule has 1 aromatic carbocycles. The second kappa shape index (κ2) is 11.0. The molecule has 7 nitrogen and oxygen atoms in total. The highest BCUT2D eigenvalue weighted by atomic mass is 32.1. The van der Waals surface area contributed by atoms with E-state index in [1.165, 1.54) is 38.2 Å². The van der Waals surface area contributed by atoms with Crippen molar-refractivity contribution in [2.24, 2.45) is 11.8 Å². The summed E-state index contributed by atoms with van der Waals surface area (Å²) in [5, 5.41) is 7.39. The number of thiocarbonyl (C=S) groups is 1. The Hall–Kier alpha value is -2.29. The molecule has 2 N–H and O–H groups in total. The van der Waals surface area contributed by atoms with Gasteiger partial charge in [-0.05, 0) is 67.7 Å². The fraction of sp³-hybridized carbons (Fsp3) is 0.577. The molecule has 4 aliphatic rings. The summed E-state index contributed by atoms with van der Waals surface area (Å²) in [7, 11) is 1.76. The zero-order chi connectivity index (χ0) is 23.3. The number of piperidine rings is 3. The molecule has 2 aromatic rings. The van der Waals surface area contributed by atoms with Gasteiger partial charge in [-0.25, -0.2) is 0 Å². The first-order valence-corrected chi connectivity index (χ1v) is 13.0. The topological polar surface area (TPSA) is 56.2 Å². The smallest absolute Gasteiger partial charge is 0.166 e. The second-order valence-corrected chi connectivity index (χ2v) is 10.2. The molecular formula is C26H37N5O2S. The van der Waals surface area contributed by atoms with E-state index in [9.17, 15) is 0 Å². The van der Waals surface area contributed by atoms with E-state index >= 15 is 0 Å². The molecule has 0 spiro atoms. The molecule has 4 atom stereocenters.